The van der Waals surface area contributed by atoms with Gasteiger partial charge in [0.2, 0.25) is 0 Å². The molecule has 0 radical (unpaired) electrons. The maximum Gasteiger partial charge on any atom is 0.335 e. The van der Waals surface area contributed by atoms with E-state index in [4.69, 9.17) is 25.5 Å². The predicted molar refractivity (Wildman–Crippen MR) is 43.3 cm³/mol. The molecule has 14 heavy (non-hydrogen) atoms. The summed E-state index contributed by atoms with van der Waals surface area (Å²) < 4.78 is 4.34. The van der Waals surface area contributed by atoms with E-state index in [1.165, 1.54) is 0 Å². The lowest BCUT2D eigenvalue weighted by Crippen LogP contribution is -2.59. The largest absolute Gasteiger partial charge is 0.479 e. The summed E-state index contributed by atoms with van der Waals surface area (Å²) in [7, 11) is 0. The Kier molecular flexibility index (Phi) is 4.43. The number of carbonyl (C=O) groups is 1. The van der Waals surface area contributed by atoms with Crippen LogP contribution in [-0.2, 0) is 9.53 Å². The lowest BCUT2D eigenvalue weighted by molar-refractivity contribution is -0.279. The van der Waals surface area contributed by atoms with Crippen LogP contribution >= 0.6 is 0 Å². The first kappa shape index (κ1) is 13.3. The lowest BCUT2D eigenvalue weighted by atomic mass is 9.99. The molecule has 1 aliphatic heterocycles. The fourth-order valence-corrected chi connectivity index (χ4v) is 1.07. The number of hydrogen-bond acceptors (Lipinski definition) is 6. The Labute approximate surface area is 80.2 Å². The van der Waals surface area contributed by atoms with E-state index in [2.05, 4.69) is 4.74 Å². The first-order valence-corrected chi connectivity index (χ1v) is 3.55. The number of rotatable bonds is 1. The quantitative estimate of drug-likeness (QED) is 0.324. The van der Waals surface area contributed by atoms with Gasteiger partial charge in [-0.3, -0.25) is 0 Å². The molecule has 7 nitrogen and oxygen atoms in total. The first-order valence-electron chi connectivity index (χ1n) is 3.55. The van der Waals surface area contributed by atoms with E-state index in [9.17, 15) is 4.79 Å². The molecular weight excluding hydrogens is 196 g/mol. The number of aliphatic hydroxyl groups excluding tert-OH is 4. The molecular formula is C7H14O7. The summed E-state index contributed by atoms with van der Waals surface area (Å²) in [5.74, 6) is -1.52. The number of hydrogen-bond donors (Lipinski definition) is 5. The zero-order chi connectivity index (χ0) is 10.2. The highest BCUT2D eigenvalue weighted by Crippen LogP contribution is 2.19. The molecule has 7 heteroatoms. The van der Waals surface area contributed by atoms with Gasteiger partial charge in [0.25, 0.3) is 0 Å². The monoisotopic (exact) mass is 210 g/mol. The average molecular weight is 210 g/mol. The Hall–Kier alpha value is -0.730. The molecule has 0 aliphatic carbocycles. The third kappa shape index (κ3) is 2.20. The van der Waals surface area contributed by atoms with Crippen LogP contribution in [0, 0.1) is 0 Å². The van der Waals surface area contributed by atoms with Gasteiger partial charge in [-0.2, -0.15) is 0 Å². The van der Waals surface area contributed by atoms with Crippen LogP contribution in [-0.4, -0.2) is 62.2 Å². The van der Waals surface area contributed by atoms with E-state index in [-0.39, 0.29) is 7.43 Å². The highest BCUT2D eigenvalue weighted by Gasteiger charge is 2.46. The minimum Gasteiger partial charge on any atom is -0.479 e. The van der Waals surface area contributed by atoms with Crippen LogP contribution in [0.3, 0.4) is 0 Å². The third-order valence-corrected chi connectivity index (χ3v) is 1.83. The van der Waals surface area contributed by atoms with Crippen molar-refractivity contribution < 1.29 is 35.1 Å². The molecule has 1 fully saturated rings. The van der Waals surface area contributed by atoms with Crippen LogP contribution < -0.4 is 0 Å². The van der Waals surface area contributed by atoms with Crippen molar-refractivity contribution >= 4 is 5.97 Å². The Morgan fingerprint density at radius 1 is 1.00 bits per heavy atom. The Balaban J connectivity index is 0.00000169. The lowest BCUT2D eigenvalue weighted by Gasteiger charge is -2.36. The van der Waals surface area contributed by atoms with Crippen LogP contribution in [0.4, 0.5) is 0 Å². The van der Waals surface area contributed by atoms with Crippen molar-refractivity contribution in [3.63, 3.8) is 0 Å². The number of ether oxygens (including phenoxy) is 1. The van der Waals surface area contributed by atoms with Gasteiger partial charge in [-0.25, -0.2) is 4.79 Å². The summed E-state index contributed by atoms with van der Waals surface area (Å²) in [5.41, 5.74) is 0. The van der Waals surface area contributed by atoms with E-state index in [0.717, 1.165) is 0 Å². The van der Waals surface area contributed by atoms with Gasteiger partial charge >= 0.3 is 5.97 Å². The van der Waals surface area contributed by atoms with Crippen molar-refractivity contribution in [2.75, 3.05) is 0 Å². The van der Waals surface area contributed by atoms with Crippen molar-refractivity contribution in [1.82, 2.24) is 0 Å². The number of carboxylic acids is 1. The van der Waals surface area contributed by atoms with Crippen LogP contribution in [0.1, 0.15) is 7.43 Å². The topological polar surface area (TPSA) is 127 Å². The summed E-state index contributed by atoms with van der Waals surface area (Å²) in [5, 5.41) is 44.4. The third-order valence-electron chi connectivity index (χ3n) is 1.83. The molecule has 0 spiro atoms. The van der Waals surface area contributed by atoms with E-state index in [0.29, 0.717) is 0 Å². The molecule has 5 atom stereocenters. The minimum atomic E-state index is -1.81. The van der Waals surface area contributed by atoms with Crippen molar-refractivity contribution in [2.24, 2.45) is 0 Å². The number of carboxylic acid groups (broad SMARTS) is 1. The first-order chi connectivity index (χ1) is 5.95. The SMILES string of the molecule is C.O=C(O)[C@H]1O[C@@H](O)[C@H](O)[C@@H](O)[C@@H]1O. The second-order valence-electron chi connectivity index (χ2n) is 2.76. The second kappa shape index (κ2) is 4.67. The predicted octanol–water partition coefficient (Wildman–Crippen LogP) is -2.49. The van der Waals surface area contributed by atoms with Gasteiger partial charge in [0, 0.05) is 0 Å². The van der Waals surface area contributed by atoms with Gasteiger partial charge in [0.05, 0.1) is 0 Å². The zero-order valence-electron chi connectivity index (χ0n) is 6.44. The molecule has 0 aromatic carbocycles. The van der Waals surface area contributed by atoms with Crippen molar-refractivity contribution in [2.45, 2.75) is 38.1 Å². The molecule has 84 valence electrons. The summed E-state index contributed by atoms with van der Waals surface area (Å²) in [6.07, 6.45) is -8.72. The van der Waals surface area contributed by atoms with Crippen LogP contribution in [0.15, 0.2) is 0 Å². The Bertz CT molecular complexity index is 206. The standard InChI is InChI=1S/C6H10O7.CH4/c7-1-2(8)4(5(10)11)13-6(12)3(1)9;/h1-4,6-9,12H,(H,10,11);1H4/t1-,2-,3+,4-,6+;/m0./s1. The molecule has 0 unspecified atom stereocenters. The maximum absolute atomic E-state index is 10.4. The fourth-order valence-electron chi connectivity index (χ4n) is 1.07. The van der Waals surface area contributed by atoms with Gasteiger partial charge in [-0.05, 0) is 0 Å². The van der Waals surface area contributed by atoms with Gasteiger partial charge in [-0.1, -0.05) is 7.43 Å². The molecule has 1 heterocycles. The zero-order valence-corrected chi connectivity index (χ0v) is 6.44. The molecule has 5 N–H and O–H groups in total. The summed E-state index contributed by atoms with van der Waals surface area (Å²) in [4.78, 5) is 10.4. The van der Waals surface area contributed by atoms with Crippen LogP contribution in [0.2, 0.25) is 0 Å². The van der Waals surface area contributed by atoms with E-state index in [1.54, 1.807) is 0 Å². The summed E-state index contributed by atoms with van der Waals surface area (Å²) in [6.45, 7) is 0. The van der Waals surface area contributed by atoms with E-state index < -0.39 is 36.7 Å². The molecule has 1 rings (SSSR count). The van der Waals surface area contributed by atoms with Gasteiger partial charge in [0.1, 0.15) is 18.3 Å². The van der Waals surface area contributed by atoms with Crippen molar-refractivity contribution in [3.8, 4) is 0 Å². The van der Waals surface area contributed by atoms with Crippen molar-refractivity contribution in [3.05, 3.63) is 0 Å². The van der Waals surface area contributed by atoms with E-state index in [1.807, 2.05) is 0 Å². The van der Waals surface area contributed by atoms with Gasteiger partial charge < -0.3 is 30.3 Å². The minimum absolute atomic E-state index is 0. The van der Waals surface area contributed by atoms with Crippen LogP contribution in [0.25, 0.3) is 0 Å². The average Bonchev–Trinajstić information content (AvgIpc) is 2.07. The highest BCUT2D eigenvalue weighted by molar-refractivity contribution is 5.73. The molecule has 1 saturated heterocycles. The second-order valence-corrected chi connectivity index (χ2v) is 2.76. The maximum atomic E-state index is 10.4. The normalized spacial score (nSPS) is 42.7. The van der Waals surface area contributed by atoms with Gasteiger partial charge in [-0.15, -0.1) is 0 Å². The molecule has 0 aromatic heterocycles. The van der Waals surface area contributed by atoms with Gasteiger partial charge in [0.15, 0.2) is 12.4 Å². The smallest absolute Gasteiger partial charge is 0.335 e. The fraction of sp³-hybridized carbons (Fsp3) is 0.857. The highest BCUT2D eigenvalue weighted by atomic mass is 16.6. The summed E-state index contributed by atoms with van der Waals surface area (Å²) in [6, 6.07) is 0. The molecule has 0 aromatic rings. The van der Waals surface area contributed by atoms with Crippen LogP contribution in [0.5, 0.6) is 0 Å². The number of aliphatic hydroxyl groups is 4. The Morgan fingerprint density at radius 3 is 1.93 bits per heavy atom. The summed E-state index contributed by atoms with van der Waals surface area (Å²) >= 11 is 0. The molecule has 1 aliphatic rings. The molecule has 0 saturated carbocycles. The number of aliphatic carboxylic acids is 1. The molecule has 0 amide bonds. The Morgan fingerprint density at radius 2 is 1.50 bits per heavy atom. The van der Waals surface area contributed by atoms with E-state index >= 15 is 0 Å². The molecule has 0 bridgehead atoms. The van der Waals surface area contributed by atoms with Crippen molar-refractivity contribution in [1.29, 1.82) is 0 Å².